The standard InChI is InChI=1S/C12H11Cl2N3O3/c13-11(14)20-12(19)15-8-3-1-7(2-4-8)9-5-6-10(18)17-16-9/h1-4,11H,5-6H2,(H,15,19)(H,17,18). The van der Waals surface area contributed by atoms with Gasteiger partial charge in [0.05, 0.1) is 5.71 Å². The number of hydrogen-bond donors (Lipinski definition) is 2. The van der Waals surface area contributed by atoms with Crippen molar-refractivity contribution in [3.8, 4) is 0 Å². The van der Waals surface area contributed by atoms with Crippen molar-refractivity contribution < 1.29 is 14.3 Å². The second-order valence-electron chi connectivity index (χ2n) is 3.96. The first-order valence-corrected chi connectivity index (χ1v) is 6.63. The molecule has 0 unspecified atom stereocenters. The molecule has 2 rings (SSSR count). The lowest BCUT2D eigenvalue weighted by atomic mass is 10.0. The summed E-state index contributed by atoms with van der Waals surface area (Å²) in [5, 5.41) is 5.24. The zero-order chi connectivity index (χ0) is 14.5. The average Bonchev–Trinajstić information content (AvgIpc) is 2.39. The molecule has 1 aromatic carbocycles. The van der Waals surface area contributed by atoms with E-state index in [-0.39, 0.29) is 5.91 Å². The van der Waals surface area contributed by atoms with Gasteiger partial charge < -0.3 is 4.74 Å². The van der Waals surface area contributed by atoms with Crippen molar-refractivity contribution >= 4 is 46.6 Å². The molecule has 1 aliphatic rings. The fourth-order valence-corrected chi connectivity index (χ4v) is 1.82. The van der Waals surface area contributed by atoms with Crippen molar-refractivity contribution in [1.29, 1.82) is 0 Å². The summed E-state index contributed by atoms with van der Waals surface area (Å²) in [5.74, 6) is -0.0912. The van der Waals surface area contributed by atoms with Crippen LogP contribution < -0.4 is 10.7 Å². The van der Waals surface area contributed by atoms with Gasteiger partial charge in [0.15, 0.2) is 0 Å². The number of halogens is 2. The Morgan fingerprint density at radius 3 is 2.55 bits per heavy atom. The minimum Gasteiger partial charge on any atom is -0.415 e. The van der Waals surface area contributed by atoms with Gasteiger partial charge in [-0.3, -0.25) is 10.1 Å². The number of nitrogens with zero attached hydrogens (tertiary/aromatic N) is 1. The third kappa shape index (κ3) is 4.11. The van der Waals surface area contributed by atoms with Gasteiger partial charge in [0.1, 0.15) is 0 Å². The van der Waals surface area contributed by atoms with E-state index in [0.717, 1.165) is 11.3 Å². The molecular weight excluding hydrogens is 305 g/mol. The van der Waals surface area contributed by atoms with E-state index >= 15 is 0 Å². The first-order chi connectivity index (χ1) is 9.54. The van der Waals surface area contributed by atoms with Gasteiger partial charge in [-0.25, -0.2) is 10.2 Å². The molecule has 1 heterocycles. The van der Waals surface area contributed by atoms with Gasteiger partial charge >= 0.3 is 6.09 Å². The highest BCUT2D eigenvalue weighted by Crippen LogP contribution is 2.15. The third-order valence-corrected chi connectivity index (χ3v) is 2.74. The summed E-state index contributed by atoms with van der Waals surface area (Å²) in [4.78, 5) is 22.3. The fourth-order valence-electron chi connectivity index (χ4n) is 1.66. The van der Waals surface area contributed by atoms with Gasteiger partial charge in [-0.2, -0.15) is 5.10 Å². The van der Waals surface area contributed by atoms with Crippen molar-refractivity contribution in [3.63, 3.8) is 0 Å². The molecule has 0 aliphatic carbocycles. The van der Waals surface area contributed by atoms with Crippen molar-refractivity contribution in [2.45, 2.75) is 17.9 Å². The molecule has 6 nitrogen and oxygen atoms in total. The van der Waals surface area contributed by atoms with Crippen LogP contribution in [0.15, 0.2) is 29.4 Å². The maximum Gasteiger partial charge on any atom is 0.414 e. The van der Waals surface area contributed by atoms with E-state index in [2.05, 4.69) is 20.6 Å². The Hall–Kier alpha value is -1.79. The van der Waals surface area contributed by atoms with E-state index in [1.165, 1.54) is 0 Å². The van der Waals surface area contributed by atoms with E-state index in [1.807, 2.05) is 0 Å². The van der Waals surface area contributed by atoms with Crippen LogP contribution in [0, 0.1) is 0 Å². The smallest absolute Gasteiger partial charge is 0.414 e. The minimum absolute atomic E-state index is 0.0912. The fraction of sp³-hybridized carbons (Fsp3) is 0.250. The summed E-state index contributed by atoms with van der Waals surface area (Å²) in [5.41, 5.74) is 4.63. The lowest BCUT2D eigenvalue weighted by Crippen LogP contribution is -2.25. The van der Waals surface area contributed by atoms with Crippen LogP contribution in [-0.2, 0) is 9.53 Å². The Balaban J connectivity index is 2.00. The molecule has 1 aliphatic heterocycles. The van der Waals surface area contributed by atoms with Gasteiger partial charge in [0.2, 0.25) is 5.91 Å². The van der Waals surface area contributed by atoms with E-state index in [4.69, 9.17) is 23.2 Å². The number of benzene rings is 1. The largest absolute Gasteiger partial charge is 0.415 e. The number of rotatable bonds is 3. The van der Waals surface area contributed by atoms with Gasteiger partial charge in [-0.15, -0.1) is 0 Å². The second kappa shape index (κ2) is 6.58. The number of anilines is 1. The molecule has 20 heavy (non-hydrogen) atoms. The highest BCUT2D eigenvalue weighted by Gasteiger charge is 2.13. The van der Waals surface area contributed by atoms with Crippen LogP contribution in [0.25, 0.3) is 0 Å². The molecule has 1 aromatic rings. The second-order valence-corrected chi connectivity index (χ2v) is 4.98. The number of carbonyl (C=O) groups is 2. The maximum atomic E-state index is 11.3. The van der Waals surface area contributed by atoms with Crippen LogP contribution in [0.4, 0.5) is 10.5 Å². The monoisotopic (exact) mass is 315 g/mol. The maximum absolute atomic E-state index is 11.3. The molecule has 0 atom stereocenters. The SMILES string of the molecule is O=C1CCC(c2ccc(NC(=O)OC(Cl)Cl)cc2)=NN1. The number of hydrogen-bond acceptors (Lipinski definition) is 4. The number of hydrazone groups is 1. The summed E-state index contributed by atoms with van der Waals surface area (Å²) in [6.07, 6.45) is 0.258. The van der Waals surface area contributed by atoms with Crippen LogP contribution in [0.5, 0.6) is 0 Å². The highest BCUT2D eigenvalue weighted by atomic mass is 35.5. The molecule has 106 valence electrons. The molecule has 0 aromatic heterocycles. The Kier molecular flexibility index (Phi) is 4.81. The Morgan fingerprint density at radius 1 is 1.30 bits per heavy atom. The van der Waals surface area contributed by atoms with Crippen LogP contribution in [0.1, 0.15) is 18.4 Å². The molecular formula is C12H11Cl2N3O3. The number of nitrogens with one attached hydrogen (secondary N) is 2. The summed E-state index contributed by atoms with van der Waals surface area (Å²) < 4.78 is 4.52. The molecule has 0 saturated heterocycles. The summed E-state index contributed by atoms with van der Waals surface area (Å²) in [7, 11) is 0. The Bertz CT molecular complexity index is 543. The number of ether oxygens (including phenoxy) is 1. The first-order valence-electron chi connectivity index (χ1n) is 5.76. The number of amides is 2. The van der Waals surface area contributed by atoms with Crippen LogP contribution in [0.3, 0.4) is 0 Å². The zero-order valence-corrected chi connectivity index (χ0v) is 11.7. The van der Waals surface area contributed by atoms with Gasteiger partial charge in [-0.1, -0.05) is 35.3 Å². The van der Waals surface area contributed by atoms with Gasteiger partial charge in [-0.05, 0) is 17.7 Å². The lowest BCUT2D eigenvalue weighted by molar-refractivity contribution is -0.121. The van der Waals surface area contributed by atoms with Gasteiger partial charge in [0.25, 0.3) is 5.02 Å². The summed E-state index contributed by atoms with van der Waals surface area (Å²) in [6.45, 7) is 0. The van der Waals surface area contributed by atoms with Crippen molar-refractivity contribution in [3.05, 3.63) is 29.8 Å². The highest BCUT2D eigenvalue weighted by molar-refractivity contribution is 6.43. The third-order valence-electron chi connectivity index (χ3n) is 2.57. The number of alkyl halides is 2. The minimum atomic E-state index is -1.21. The number of carbonyl (C=O) groups excluding carboxylic acids is 2. The van der Waals surface area contributed by atoms with Gasteiger partial charge in [0, 0.05) is 18.5 Å². The molecule has 2 N–H and O–H groups in total. The van der Waals surface area contributed by atoms with E-state index in [0.29, 0.717) is 18.5 Å². The zero-order valence-electron chi connectivity index (χ0n) is 10.2. The molecule has 0 saturated carbocycles. The predicted molar refractivity (Wildman–Crippen MR) is 76.0 cm³/mol. The van der Waals surface area contributed by atoms with E-state index < -0.39 is 11.1 Å². The lowest BCUT2D eigenvalue weighted by Gasteiger charge is -2.12. The molecule has 0 bridgehead atoms. The molecule has 0 fully saturated rings. The quantitative estimate of drug-likeness (QED) is 0.841. The average molecular weight is 316 g/mol. The normalized spacial score (nSPS) is 14.6. The van der Waals surface area contributed by atoms with E-state index in [1.54, 1.807) is 24.3 Å². The molecule has 8 heteroatoms. The van der Waals surface area contributed by atoms with Crippen LogP contribution in [0.2, 0.25) is 0 Å². The summed E-state index contributed by atoms with van der Waals surface area (Å²) in [6, 6.07) is 6.94. The first kappa shape index (κ1) is 14.6. The predicted octanol–water partition coefficient (Wildman–Crippen LogP) is 2.61. The van der Waals surface area contributed by atoms with Crippen molar-refractivity contribution in [1.82, 2.24) is 5.43 Å². The van der Waals surface area contributed by atoms with Crippen LogP contribution >= 0.6 is 23.2 Å². The topological polar surface area (TPSA) is 79.8 Å². The van der Waals surface area contributed by atoms with Crippen molar-refractivity contribution in [2.75, 3.05) is 5.32 Å². The summed E-state index contributed by atoms with van der Waals surface area (Å²) >= 11 is 10.6. The molecule has 0 spiro atoms. The van der Waals surface area contributed by atoms with Crippen LogP contribution in [-0.4, -0.2) is 22.7 Å². The van der Waals surface area contributed by atoms with Crippen molar-refractivity contribution in [2.24, 2.45) is 5.10 Å². The molecule has 2 amide bonds. The molecule has 0 radical (unpaired) electrons. The Labute approximate surface area is 125 Å². The Morgan fingerprint density at radius 2 is 2.00 bits per heavy atom. The van der Waals surface area contributed by atoms with E-state index in [9.17, 15) is 9.59 Å².